The van der Waals surface area contributed by atoms with Crippen LogP contribution < -0.4 is 5.32 Å². The normalized spacial score (nSPS) is 14.5. The average Bonchev–Trinajstić information content (AvgIpc) is 3.08. The number of hydrogen-bond donors (Lipinski definition) is 1. The van der Waals surface area contributed by atoms with Crippen molar-refractivity contribution in [3.05, 3.63) is 48.2 Å². The maximum Gasteiger partial charge on any atom is 0.406 e. The Kier molecular flexibility index (Phi) is 7.41. The van der Waals surface area contributed by atoms with Crippen LogP contribution in [0.2, 0.25) is 0 Å². The smallest absolute Gasteiger partial charge is 0.355 e. The molecular weight excluding hydrogens is 399 g/mol. The Balaban J connectivity index is 1.60. The SMILES string of the molecule is O=C(CSc1ncc(-c2ccccc2)n1CC(F)(F)F)NCCC1=CCCCC1. The van der Waals surface area contributed by atoms with Crippen molar-refractivity contribution in [2.45, 2.75) is 50.0 Å². The van der Waals surface area contributed by atoms with Crippen LogP contribution in [0.5, 0.6) is 0 Å². The Morgan fingerprint density at radius 3 is 2.69 bits per heavy atom. The molecule has 8 heteroatoms. The summed E-state index contributed by atoms with van der Waals surface area (Å²) in [5, 5.41) is 3.03. The van der Waals surface area contributed by atoms with E-state index in [2.05, 4.69) is 16.4 Å². The number of allylic oxidation sites excluding steroid dienone is 1. The average molecular weight is 424 g/mol. The molecule has 3 rings (SSSR count). The van der Waals surface area contributed by atoms with Gasteiger partial charge in [-0.3, -0.25) is 4.79 Å². The van der Waals surface area contributed by atoms with Gasteiger partial charge in [-0.1, -0.05) is 53.7 Å². The second-order valence-corrected chi connectivity index (χ2v) is 7.93. The summed E-state index contributed by atoms with van der Waals surface area (Å²) in [7, 11) is 0. The largest absolute Gasteiger partial charge is 0.406 e. The molecule has 0 unspecified atom stereocenters. The molecule has 0 fully saturated rings. The lowest BCUT2D eigenvalue weighted by molar-refractivity contribution is -0.141. The maximum absolute atomic E-state index is 13.1. The number of nitrogens with one attached hydrogen (secondary N) is 1. The number of rotatable bonds is 8. The Morgan fingerprint density at radius 1 is 1.21 bits per heavy atom. The van der Waals surface area contributed by atoms with E-state index in [0.29, 0.717) is 17.8 Å². The number of halogens is 3. The predicted molar refractivity (Wildman–Crippen MR) is 109 cm³/mol. The molecule has 1 amide bonds. The molecule has 4 nitrogen and oxygen atoms in total. The van der Waals surface area contributed by atoms with Crippen LogP contribution in [0.15, 0.2) is 53.3 Å². The highest BCUT2D eigenvalue weighted by Crippen LogP contribution is 2.30. The number of carbonyl (C=O) groups excluding carboxylic acids is 1. The predicted octanol–water partition coefficient (Wildman–Crippen LogP) is 5.21. The highest BCUT2D eigenvalue weighted by molar-refractivity contribution is 7.99. The van der Waals surface area contributed by atoms with Gasteiger partial charge in [-0.25, -0.2) is 4.98 Å². The van der Waals surface area contributed by atoms with Crippen LogP contribution in [0.25, 0.3) is 11.3 Å². The number of imidazole rings is 1. The molecule has 0 saturated carbocycles. The van der Waals surface area contributed by atoms with Gasteiger partial charge in [0, 0.05) is 6.54 Å². The third kappa shape index (κ3) is 6.66. The number of benzene rings is 1. The van der Waals surface area contributed by atoms with Gasteiger partial charge in [0.25, 0.3) is 0 Å². The molecule has 0 radical (unpaired) electrons. The topological polar surface area (TPSA) is 46.9 Å². The van der Waals surface area contributed by atoms with E-state index < -0.39 is 12.7 Å². The van der Waals surface area contributed by atoms with Crippen LogP contribution in [0.3, 0.4) is 0 Å². The lowest BCUT2D eigenvalue weighted by atomic mass is 9.97. The van der Waals surface area contributed by atoms with Crippen molar-refractivity contribution in [2.75, 3.05) is 12.3 Å². The second kappa shape index (κ2) is 10.0. The van der Waals surface area contributed by atoms with Crippen molar-refractivity contribution >= 4 is 17.7 Å². The van der Waals surface area contributed by atoms with Gasteiger partial charge in [-0.05, 0) is 37.7 Å². The third-order valence-electron chi connectivity index (χ3n) is 4.71. The van der Waals surface area contributed by atoms with Gasteiger partial charge in [0.15, 0.2) is 5.16 Å². The first kappa shape index (κ1) is 21.5. The molecule has 0 spiro atoms. The molecular formula is C21H24F3N3OS. The van der Waals surface area contributed by atoms with Gasteiger partial charge in [-0.15, -0.1) is 0 Å². The monoisotopic (exact) mass is 423 g/mol. The zero-order valence-corrected chi connectivity index (χ0v) is 16.9. The van der Waals surface area contributed by atoms with Crippen molar-refractivity contribution in [1.29, 1.82) is 0 Å². The standard InChI is InChI=1S/C21H24F3N3OS/c22-21(23,24)15-27-18(17-9-5-2-6-10-17)13-26-20(27)29-14-19(28)25-12-11-16-7-3-1-4-8-16/h2,5-7,9-10,13H,1,3-4,8,11-12,14-15H2,(H,25,28). The molecule has 0 saturated heterocycles. The summed E-state index contributed by atoms with van der Waals surface area (Å²) in [6.07, 6.45) is 4.73. The zero-order valence-electron chi connectivity index (χ0n) is 16.0. The summed E-state index contributed by atoms with van der Waals surface area (Å²) >= 11 is 1.02. The zero-order chi connectivity index (χ0) is 20.7. The molecule has 1 aliphatic rings. The first-order chi connectivity index (χ1) is 13.9. The van der Waals surface area contributed by atoms with Gasteiger partial charge in [0.1, 0.15) is 6.54 Å². The second-order valence-electron chi connectivity index (χ2n) is 6.99. The summed E-state index contributed by atoms with van der Waals surface area (Å²) in [4.78, 5) is 16.3. The van der Waals surface area contributed by atoms with Crippen LogP contribution in [0, 0.1) is 0 Å². The third-order valence-corrected chi connectivity index (χ3v) is 5.70. The number of amides is 1. The summed E-state index contributed by atoms with van der Waals surface area (Å²) in [5.74, 6) is -0.170. The minimum Gasteiger partial charge on any atom is -0.355 e. The van der Waals surface area contributed by atoms with E-state index >= 15 is 0 Å². The minimum atomic E-state index is -4.38. The molecule has 1 N–H and O–H groups in total. The van der Waals surface area contributed by atoms with Gasteiger partial charge in [-0.2, -0.15) is 13.2 Å². The molecule has 1 aliphatic carbocycles. The fourth-order valence-corrected chi connectivity index (χ4v) is 4.13. The van der Waals surface area contributed by atoms with E-state index in [1.807, 2.05) is 0 Å². The van der Waals surface area contributed by atoms with Crippen LogP contribution in [0.4, 0.5) is 13.2 Å². The van der Waals surface area contributed by atoms with Gasteiger partial charge in [0.05, 0.1) is 17.6 Å². The van der Waals surface area contributed by atoms with Gasteiger partial charge in [0.2, 0.25) is 5.91 Å². The maximum atomic E-state index is 13.1. The lowest BCUT2D eigenvalue weighted by Gasteiger charge is -2.14. The van der Waals surface area contributed by atoms with Crippen molar-refractivity contribution < 1.29 is 18.0 Å². The van der Waals surface area contributed by atoms with E-state index in [1.165, 1.54) is 24.6 Å². The van der Waals surface area contributed by atoms with Crippen molar-refractivity contribution in [3.63, 3.8) is 0 Å². The van der Waals surface area contributed by atoms with E-state index in [9.17, 15) is 18.0 Å². The van der Waals surface area contributed by atoms with Crippen molar-refractivity contribution in [2.24, 2.45) is 0 Å². The number of aromatic nitrogens is 2. The number of alkyl halides is 3. The van der Waals surface area contributed by atoms with Gasteiger partial charge < -0.3 is 9.88 Å². The van der Waals surface area contributed by atoms with E-state index in [0.717, 1.165) is 35.6 Å². The summed E-state index contributed by atoms with van der Waals surface area (Å²) < 4.78 is 40.4. The summed E-state index contributed by atoms with van der Waals surface area (Å²) in [6, 6.07) is 8.82. The highest BCUT2D eigenvalue weighted by atomic mass is 32.2. The number of hydrogen-bond acceptors (Lipinski definition) is 3. The minimum absolute atomic E-state index is 0.0299. The molecule has 29 heavy (non-hydrogen) atoms. The summed E-state index contributed by atoms with van der Waals surface area (Å²) in [6.45, 7) is -0.590. The molecule has 0 atom stereocenters. The Hall–Kier alpha value is -2.22. The van der Waals surface area contributed by atoms with E-state index in [-0.39, 0.29) is 16.8 Å². The Bertz CT molecular complexity index is 847. The number of thioether (sulfide) groups is 1. The van der Waals surface area contributed by atoms with Crippen LogP contribution >= 0.6 is 11.8 Å². The Labute approximate surface area is 172 Å². The molecule has 2 aromatic rings. The van der Waals surface area contributed by atoms with Crippen molar-refractivity contribution in [1.82, 2.24) is 14.9 Å². The fourth-order valence-electron chi connectivity index (χ4n) is 3.32. The molecule has 1 aromatic heterocycles. The molecule has 156 valence electrons. The highest BCUT2D eigenvalue weighted by Gasteiger charge is 2.31. The first-order valence-corrected chi connectivity index (χ1v) is 10.7. The quantitative estimate of drug-likeness (QED) is 0.468. The Morgan fingerprint density at radius 2 is 2.00 bits per heavy atom. The van der Waals surface area contributed by atoms with E-state index in [1.54, 1.807) is 30.3 Å². The van der Waals surface area contributed by atoms with Crippen LogP contribution in [-0.2, 0) is 11.3 Å². The van der Waals surface area contributed by atoms with Crippen LogP contribution in [-0.4, -0.2) is 33.9 Å². The lowest BCUT2D eigenvalue weighted by Crippen LogP contribution is -2.27. The number of carbonyl (C=O) groups is 1. The molecule has 0 bridgehead atoms. The van der Waals surface area contributed by atoms with Gasteiger partial charge >= 0.3 is 6.18 Å². The van der Waals surface area contributed by atoms with Crippen molar-refractivity contribution in [3.8, 4) is 11.3 Å². The molecule has 0 aliphatic heterocycles. The van der Waals surface area contributed by atoms with Crippen LogP contribution in [0.1, 0.15) is 32.1 Å². The first-order valence-electron chi connectivity index (χ1n) is 9.67. The fraction of sp³-hybridized carbons (Fsp3) is 0.429. The summed E-state index contributed by atoms with van der Waals surface area (Å²) in [5.41, 5.74) is 2.41. The molecule has 1 heterocycles. The number of nitrogens with zero attached hydrogens (tertiary/aromatic N) is 2. The van der Waals surface area contributed by atoms with E-state index in [4.69, 9.17) is 0 Å². The molecule has 1 aromatic carbocycles.